The molecule has 1 atom stereocenters. The van der Waals surface area contributed by atoms with Crippen LogP contribution in [0.2, 0.25) is 0 Å². The third kappa shape index (κ3) is 3.65. The first kappa shape index (κ1) is 15.0. The zero-order valence-electron chi connectivity index (χ0n) is 12.3. The molecule has 4 nitrogen and oxygen atoms in total. The van der Waals surface area contributed by atoms with Gasteiger partial charge in [0, 0.05) is 36.2 Å². The molecule has 21 heavy (non-hydrogen) atoms. The van der Waals surface area contributed by atoms with E-state index in [0.29, 0.717) is 11.6 Å². The van der Waals surface area contributed by atoms with Gasteiger partial charge >= 0.3 is 5.97 Å². The summed E-state index contributed by atoms with van der Waals surface area (Å²) < 4.78 is 5.69. The van der Waals surface area contributed by atoms with Crippen LogP contribution >= 0.6 is 15.9 Å². The largest absolute Gasteiger partial charge is 0.465 e. The number of nitrogens with zero attached hydrogens (tertiary/aromatic N) is 1. The fraction of sp³-hybridized carbons (Fsp3) is 0.562. The van der Waals surface area contributed by atoms with Crippen LogP contribution in [0.5, 0.6) is 0 Å². The predicted molar refractivity (Wildman–Crippen MR) is 85.3 cm³/mol. The average molecular weight is 353 g/mol. The molecule has 1 unspecified atom stereocenters. The summed E-state index contributed by atoms with van der Waals surface area (Å²) in [6.07, 6.45) is 3.99. The summed E-state index contributed by atoms with van der Waals surface area (Å²) in [5.41, 5.74) is 1.75. The molecule has 0 radical (unpaired) electrons. The SMILES string of the molecule is COC(=O)c1ccc(CNC2CCN(C3CC3)C2)c(Br)c1. The maximum atomic E-state index is 11.5. The Morgan fingerprint density at radius 3 is 2.90 bits per heavy atom. The smallest absolute Gasteiger partial charge is 0.337 e. The lowest BCUT2D eigenvalue weighted by atomic mass is 10.1. The molecule has 1 aromatic carbocycles. The lowest BCUT2D eigenvalue weighted by molar-refractivity contribution is 0.0600. The predicted octanol–water partition coefficient (Wildman–Crippen LogP) is 2.56. The summed E-state index contributed by atoms with van der Waals surface area (Å²) in [6, 6.07) is 7.07. The Bertz CT molecular complexity index is 531. The monoisotopic (exact) mass is 352 g/mol. The van der Waals surface area contributed by atoms with Crippen LogP contribution in [-0.2, 0) is 11.3 Å². The Morgan fingerprint density at radius 2 is 2.24 bits per heavy atom. The van der Waals surface area contributed by atoms with E-state index in [0.717, 1.165) is 17.1 Å². The molecule has 2 aliphatic rings. The van der Waals surface area contributed by atoms with Gasteiger partial charge in [-0.1, -0.05) is 22.0 Å². The number of carbonyl (C=O) groups excluding carboxylic acids is 1. The Kier molecular flexibility index (Phi) is 4.62. The molecule has 1 N–H and O–H groups in total. The second kappa shape index (κ2) is 6.46. The molecule has 5 heteroatoms. The van der Waals surface area contributed by atoms with Crippen molar-refractivity contribution < 1.29 is 9.53 Å². The summed E-state index contributed by atoms with van der Waals surface area (Å²) >= 11 is 3.54. The van der Waals surface area contributed by atoms with Gasteiger partial charge in [-0.05, 0) is 37.0 Å². The summed E-state index contributed by atoms with van der Waals surface area (Å²) in [4.78, 5) is 14.1. The first-order valence-electron chi connectivity index (χ1n) is 7.51. The number of halogens is 1. The highest BCUT2D eigenvalue weighted by molar-refractivity contribution is 9.10. The van der Waals surface area contributed by atoms with Crippen LogP contribution < -0.4 is 5.32 Å². The molecule has 1 aliphatic carbocycles. The van der Waals surface area contributed by atoms with Crippen molar-refractivity contribution in [1.82, 2.24) is 10.2 Å². The molecule has 1 aromatic rings. The minimum absolute atomic E-state index is 0.300. The topological polar surface area (TPSA) is 41.6 Å². The Labute approximate surface area is 134 Å². The third-order valence-corrected chi connectivity index (χ3v) is 5.08. The molecule has 0 aromatic heterocycles. The van der Waals surface area contributed by atoms with Gasteiger partial charge in [0.25, 0.3) is 0 Å². The lowest BCUT2D eigenvalue weighted by Gasteiger charge is -2.16. The van der Waals surface area contributed by atoms with Crippen LogP contribution in [0, 0.1) is 0 Å². The molecular formula is C16H21BrN2O2. The summed E-state index contributed by atoms with van der Waals surface area (Å²) in [5, 5.41) is 3.63. The van der Waals surface area contributed by atoms with E-state index in [-0.39, 0.29) is 5.97 Å². The maximum Gasteiger partial charge on any atom is 0.337 e. The standard InChI is InChI=1S/C16H21BrN2O2/c1-21-16(20)11-2-3-12(15(17)8-11)9-18-13-6-7-19(10-13)14-4-5-14/h2-3,8,13-14,18H,4-7,9-10H2,1H3. The second-order valence-corrected chi connectivity index (χ2v) is 6.74. The van der Waals surface area contributed by atoms with E-state index in [1.54, 1.807) is 0 Å². The van der Waals surface area contributed by atoms with Crippen molar-refractivity contribution in [3.05, 3.63) is 33.8 Å². The normalized spacial score (nSPS) is 22.5. The van der Waals surface area contributed by atoms with Crippen LogP contribution in [0.1, 0.15) is 35.2 Å². The average Bonchev–Trinajstić information content (AvgIpc) is 3.24. The van der Waals surface area contributed by atoms with Crippen LogP contribution in [0.4, 0.5) is 0 Å². The van der Waals surface area contributed by atoms with E-state index < -0.39 is 0 Å². The maximum absolute atomic E-state index is 11.5. The van der Waals surface area contributed by atoms with Crippen molar-refractivity contribution in [2.75, 3.05) is 20.2 Å². The minimum atomic E-state index is -0.300. The molecule has 2 fully saturated rings. The Morgan fingerprint density at radius 1 is 1.43 bits per heavy atom. The number of hydrogen-bond acceptors (Lipinski definition) is 4. The van der Waals surface area contributed by atoms with Crippen molar-refractivity contribution in [1.29, 1.82) is 0 Å². The lowest BCUT2D eigenvalue weighted by Crippen LogP contribution is -2.32. The highest BCUT2D eigenvalue weighted by Gasteiger charge is 2.34. The van der Waals surface area contributed by atoms with Crippen molar-refractivity contribution in [3.63, 3.8) is 0 Å². The first-order chi connectivity index (χ1) is 10.2. The van der Waals surface area contributed by atoms with Crippen molar-refractivity contribution in [3.8, 4) is 0 Å². The number of likely N-dealkylation sites (tertiary alicyclic amines) is 1. The van der Waals surface area contributed by atoms with E-state index in [9.17, 15) is 4.79 Å². The van der Waals surface area contributed by atoms with Crippen molar-refractivity contribution in [2.45, 2.75) is 37.9 Å². The van der Waals surface area contributed by atoms with E-state index in [4.69, 9.17) is 4.74 Å². The van der Waals surface area contributed by atoms with Crippen LogP contribution in [-0.4, -0.2) is 43.2 Å². The van der Waals surface area contributed by atoms with Crippen molar-refractivity contribution in [2.24, 2.45) is 0 Å². The van der Waals surface area contributed by atoms with Gasteiger partial charge in [-0.3, -0.25) is 4.90 Å². The van der Waals surface area contributed by atoms with Gasteiger partial charge in [0.05, 0.1) is 12.7 Å². The van der Waals surface area contributed by atoms with Crippen LogP contribution in [0.3, 0.4) is 0 Å². The number of rotatable bonds is 5. The van der Waals surface area contributed by atoms with Gasteiger partial charge < -0.3 is 10.1 Å². The highest BCUT2D eigenvalue weighted by Crippen LogP contribution is 2.30. The summed E-state index contributed by atoms with van der Waals surface area (Å²) in [6.45, 7) is 3.22. The molecule has 3 rings (SSSR count). The fourth-order valence-corrected chi connectivity index (χ4v) is 3.43. The summed E-state index contributed by atoms with van der Waals surface area (Å²) in [7, 11) is 1.40. The van der Waals surface area contributed by atoms with Gasteiger partial charge in [0.15, 0.2) is 0 Å². The van der Waals surface area contributed by atoms with Crippen LogP contribution in [0.25, 0.3) is 0 Å². The highest BCUT2D eigenvalue weighted by atomic mass is 79.9. The molecule has 0 amide bonds. The molecule has 114 valence electrons. The zero-order chi connectivity index (χ0) is 14.8. The number of nitrogens with one attached hydrogen (secondary N) is 1. The van der Waals surface area contributed by atoms with Gasteiger partial charge in [0.1, 0.15) is 0 Å². The Hall–Kier alpha value is -0.910. The third-order valence-electron chi connectivity index (χ3n) is 4.34. The first-order valence-corrected chi connectivity index (χ1v) is 8.31. The number of carbonyl (C=O) groups is 1. The van der Waals surface area contributed by atoms with Crippen LogP contribution in [0.15, 0.2) is 22.7 Å². The van der Waals surface area contributed by atoms with E-state index in [2.05, 4.69) is 26.1 Å². The van der Waals surface area contributed by atoms with E-state index >= 15 is 0 Å². The molecule has 0 spiro atoms. The van der Waals surface area contributed by atoms with Gasteiger partial charge in [-0.15, -0.1) is 0 Å². The number of ether oxygens (including phenoxy) is 1. The summed E-state index contributed by atoms with van der Waals surface area (Å²) in [5.74, 6) is -0.300. The van der Waals surface area contributed by atoms with E-state index in [1.807, 2.05) is 18.2 Å². The molecule has 0 bridgehead atoms. The quantitative estimate of drug-likeness (QED) is 0.827. The van der Waals surface area contributed by atoms with E-state index in [1.165, 1.54) is 45.0 Å². The number of methoxy groups -OCH3 is 1. The molecular weight excluding hydrogens is 332 g/mol. The van der Waals surface area contributed by atoms with Gasteiger partial charge in [-0.25, -0.2) is 4.79 Å². The van der Waals surface area contributed by atoms with Crippen molar-refractivity contribution >= 4 is 21.9 Å². The second-order valence-electron chi connectivity index (χ2n) is 5.89. The Balaban J connectivity index is 1.54. The molecule has 1 aliphatic heterocycles. The van der Waals surface area contributed by atoms with Gasteiger partial charge in [-0.2, -0.15) is 0 Å². The molecule has 1 heterocycles. The zero-order valence-corrected chi connectivity index (χ0v) is 13.9. The minimum Gasteiger partial charge on any atom is -0.465 e. The number of hydrogen-bond donors (Lipinski definition) is 1. The molecule has 1 saturated carbocycles. The number of esters is 1. The number of benzene rings is 1. The molecule has 1 saturated heterocycles. The van der Waals surface area contributed by atoms with Gasteiger partial charge in [0.2, 0.25) is 0 Å². The fourth-order valence-electron chi connectivity index (χ4n) is 2.92.